The van der Waals surface area contributed by atoms with E-state index in [-0.39, 0.29) is 23.8 Å². The van der Waals surface area contributed by atoms with Gasteiger partial charge in [0.1, 0.15) is 11.6 Å². The number of aryl methyl sites for hydroxylation is 1. The Morgan fingerprint density at radius 2 is 1.78 bits per heavy atom. The smallest absolute Gasteiger partial charge is 0.223 e. The summed E-state index contributed by atoms with van der Waals surface area (Å²) in [5.41, 5.74) is 0. The van der Waals surface area contributed by atoms with Crippen LogP contribution in [0.1, 0.15) is 100 Å². The first-order valence-electron chi connectivity index (χ1n) is 14.1. The maximum atomic E-state index is 13.2. The van der Waals surface area contributed by atoms with Crippen LogP contribution in [0.4, 0.5) is 0 Å². The molecule has 3 aliphatic heterocycles. The Kier molecular flexibility index (Phi) is 8.00. The third kappa shape index (κ3) is 5.62. The van der Waals surface area contributed by atoms with E-state index in [0.29, 0.717) is 37.1 Å². The van der Waals surface area contributed by atoms with Crippen molar-refractivity contribution in [3.63, 3.8) is 0 Å². The summed E-state index contributed by atoms with van der Waals surface area (Å²) in [5.74, 6) is 2.77. The van der Waals surface area contributed by atoms with Gasteiger partial charge in [-0.1, -0.05) is 19.9 Å². The van der Waals surface area contributed by atoms with Crippen molar-refractivity contribution in [2.75, 3.05) is 19.6 Å². The van der Waals surface area contributed by atoms with Gasteiger partial charge in [0.2, 0.25) is 11.8 Å². The van der Waals surface area contributed by atoms with Crippen LogP contribution in [0, 0.1) is 12.8 Å². The number of aromatic nitrogens is 3. The molecule has 0 saturated carbocycles. The number of piperidine rings is 2. The van der Waals surface area contributed by atoms with Gasteiger partial charge in [0.15, 0.2) is 0 Å². The van der Waals surface area contributed by atoms with Crippen molar-refractivity contribution in [1.29, 1.82) is 0 Å². The number of nitrogens with one attached hydrogen (secondary N) is 1. The van der Waals surface area contributed by atoms with Crippen molar-refractivity contribution in [2.24, 2.45) is 5.92 Å². The molecule has 5 heterocycles. The first-order chi connectivity index (χ1) is 17.8. The zero-order valence-electron chi connectivity index (χ0n) is 22.7. The first-order valence-corrected chi connectivity index (χ1v) is 15.0. The lowest BCUT2D eigenvalue weighted by Gasteiger charge is -2.40. The van der Waals surface area contributed by atoms with Gasteiger partial charge in [-0.25, -0.2) is 0 Å². The molecule has 2 amide bonds. The van der Waals surface area contributed by atoms with Crippen LogP contribution in [0.5, 0.6) is 0 Å². The topological polar surface area (TPSA) is 83.4 Å². The number of nitrogens with zero attached hydrogens (tertiary/aromatic N) is 5. The summed E-state index contributed by atoms with van der Waals surface area (Å²) in [6.45, 7) is 10.5. The molecule has 0 spiro atoms. The average molecular weight is 527 g/mol. The van der Waals surface area contributed by atoms with Gasteiger partial charge in [-0.3, -0.25) is 14.5 Å². The van der Waals surface area contributed by atoms with Crippen LogP contribution in [-0.2, 0) is 9.59 Å². The summed E-state index contributed by atoms with van der Waals surface area (Å²) in [7, 11) is 0. The Morgan fingerprint density at radius 3 is 2.38 bits per heavy atom. The standard InChI is InChI=1S/C28H42N6O2S/c1-18(2)27-31-30-19(3)34(27)24-16-22-7-8-23(17-24)33(22)14-11-25(26-6-5-15-37-26)29-28(36)21-9-12-32(13-10-21)20(4)35/h5-6,15,18,21-25H,7-14,16-17H2,1-4H3,(H,29,36)/t22-,23+,24-,25-/m0/s1. The van der Waals surface area contributed by atoms with Gasteiger partial charge < -0.3 is 14.8 Å². The molecular weight excluding hydrogens is 484 g/mol. The largest absolute Gasteiger partial charge is 0.348 e. The van der Waals surface area contributed by atoms with Gasteiger partial charge in [-0.15, -0.1) is 21.5 Å². The number of thiophene rings is 1. The summed E-state index contributed by atoms with van der Waals surface area (Å²) < 4.78 is 2.42. The van der Waals surface area contributed by atoms with E-state index in [4.69, 9.17) is 0 Å². The van der Waals surface area contributed by atoms with Crippen LogP contribution in [0.2, 0.25) is 0 Å². The zero-order valence-corrected chi connectivity index (χ0v) is 23.5. The highest BCUT2D eigenvalue weighted by Crippen LogP contribution is 2.42. The van der Waals surface area contributed by atoms with Crippen LogP contribution in [0.3, 0.4) is 0 Å². The van der Waals surface area contributed by atoms with Crippen LogP contribution in [-0.4, -0.2) is 68.1 Å². The van der Waals surface area contributed by atoms with Crippen LogP contribution in [0.25, 0.3) is 0 Å². The number of likely N-dealkylation sites (tertiary alicyclic amines) is 1. The Balaban J connectivity index is 1.21. The minimum absolute atomic E-state index is 0.00725. The van der Waals surface area contributed by atoms with Gasteiger partial charge in [0, 0.05) is 61.4 Å². The summed E-state index contributed by atoms with van der Waals surface area (Å²) in [6.07, 6.45) is 7.25. The highest BCUT2D eigenvalue weighted by atomic mass is 32.1. The normalized spacial score (nSPS) is 25.5. The van der Waals surface area contributed by atoms with E-state index in [1.807, 2.05) is 4.90 Å². The van der Waals surface area contributed by atoms with Gasteiger partial charge in [0.25, 0.3) is 0 Å². The van der Waals surface area contributed by atoms with Crippen LogP contribution < -0.4 is 5.32 Å². The predicted octanol–water partition coefficient (Wildman–Crippen LogP) is 4.45. The SMILES string of the molecule is CC(=O)N1CCC(C(=O)N[C@@H](CCN2[C@@H]3CC[C@H]2C[C@H](n2c(C)nnc2C(C)C)C3)c2cccs2)CC1. The summed E-state index contributed by atoms with van der Waals surface area (Å²) in [4.78, 5) is 30.7. The predicted molar refractivity (Wildman–Crippen MR) is 145 cm³/mol. The van der Waals surface area contributed by atoms with E-state index >= 15 is 0 Å². The summed E-state index contributed by atoms with van der Waals surface area (Å²) >= 11 is 1.73. The lowest BCUT2D eigenvalue weighted by Crippen LogP contribution is -2.46. The van der Waals surface area contributed by atoms with Gasteiger partial charge in [-0.05, 0) is 63.3 Å². The molecule has 0 aromatic carbocycles. The second-order valence-corrected chi connectivity index (χ2v) is 12.5. The lowest BCUT2D eigenvalue weighted by atomic mass is 9.94. The van der Waals surface area contributed by atoms with Gasteiger partial charge in [0.05, 0.1) is 6.04 Å². The van der Waals surface area contributed by atoms with Crippen molar-refractivity contribution in [3.8, 4) is 0 Å². The molecule has 2 aromatic heterocycles. The van der Waals surface area contributed by atoms with E-state index < -0.39 is 0 Å². The van der Waals surface area contributed by atoms with E-state index in [1.54, 1.807) is 18.3 Å². The molecule has 1 N–H and O–H groups in total. The van der Waals surface area contributed by atoms with Crippen molar-refractivity contribution in [1.82, 2.24) is 29.9 Å². The summed E-state index contributed by atoms with van der Waals surface area (Å²) in [5, 5.41) is 14.4. The Labute approximate surface area is 224 Å². The number of rotatable bonds is 8. The average Bonchev–Trinajstić information content (AvgIpc) is 3.60. The minimum Gasteiger partial charge on any atom is -0.348 e. The number of hydrogen-bond donors (Lipinski definition) is 1. The van der Waals surface area contributed by atoms with Crippen molar-refractivity contribution in [3.05, 3.63) is 34.0 Å². The fraction of sp³-hybridized carbons (Fsp3) is 0.714. The van der Waals surface area contributed by atoms with Crippen molar-refractivity contribution in [2.45, 2.75) is 103 Å². The first kappa shape index (κ1) is 26.4. The molecule has 3 fully saturated rings. The lowest BCUT2D eigenvalue weighted by molar-refractivity contribution is -0.134. The van der Waals surface area contributed by atoms with E-state index in [1.165, 1.54) is 17.7 Å². The molecule has 9 heteroatoms. The van der Waals surface area contributed by atoms with E-state index in [9.17, 15) is 9.59 Å². The van der Waals surface area contributed by atoms with Crippen molar-refractivity contribution >= 4 is 23.2 Å². The number of carbonyl (C=O) groups excluding carboxylic acids is 2. The molecule has 0 unspecified atom stereocenters. The second kappa shape index (κ2) is 11.2. The highest BCUT2D eigenvalue weighted by Gasteiger charge is 2.42. The third-order valence-corrected chi connectivity index (χ3v) is 9.81. The minimum atomic E-state index is -0.00725. The fourth-order valence-electron chi connectivity index (χ4n) is 6.85. The van der Waals surface area contributed by atoms with Crippen LogP contribution in [0.15, 0.2) is 17.5 Å². The van der Waals surface area contributed by atoms with E-state index in [0.717, 1.165) is 50.3 Å². The number of fused-ring (bicyclic) bond motifs is 2. The highest BCUT2D eigenvalue weighted by molar-refractivity contribution is 7.10. The maximum Gasteiger partial charge on any atom is 0.223 e. The number of hydrogen-bond acceptors (Lipinski definition) is 6. The van der Waals surface area contributed by atoms with Gasteiger partial charge >= 0.3 is 0 Å². The van der Waals surface area contributed by atoms with Crippen LogP contribution >= 0.6 is 11.3 Å². The molecular formula is C28H42N6O2S. The molecule has 5 rings (SSSR count). The summed E-state index contributed by atoms with van der Waals surface area (Å²) in [6, 6.07) is 5.92. The number of carbonyl (C=O) groups is 2. The Hall–Kier alpha value is -2.26. The Bertz CT molecular complexity index is 1060. The maximum absolute atomic E-state index is 13.2. The fourth-order valence-corrected chi connectivity index (χ4v) is 7.66. The molecule has 37 heavy (non-hydrogen) atoms. The van der Waals surface area contributed by atoms with Gasteiger partial charge in [-0.2, -0.15) is 0 Å². The molecule has 2 bridgehead atoms. The molecule has 3 aliphatic rings. The van der Waals surface area contributed by atoms with E-state index in [2.05, 4.69) is 63.3 Å². The molecule has 2 aromatic rings. The zero-order chi connectivity index (χ0) is 26.1. The monoisotopic (exact) mass is 526 g/mol. The molecule has 0 aliphatic carbocycles. The molecule has 0 radical (unpaired) electrons. The Morgan fingerprint density at radius 1 is 1.08 bits per heavy atom. The second-order valence-electron chi connectivity index (χ2n) is 11.5. The molecule has 3 saturated heterocycles. The van der Waals surface area contributed by atoms with Crippen molar-refractivity contribution < 1.29 is 9.59 Å². The molecule has 8 nitrogen and oxygen atoms in total. The quantitative estimate of drug-likeness (QED) is 0.550. The third-order valence-electron chi connectivity index (χ3n) is 8.82. The molecule has 202 valence electrons. The number of amides is 2. The molecule has 4 atom stereocenters.